The van der Waals surface area contributed by atoms with Gasteiger partial charge in [0.05, 0.1) is 6.54 Å². The van der Waals surface area contributed by atoms with Gasteiger partial charge in [0, 0.05) is 12.1 Å². The van der Waals surface area contributed by atoms with Crippen LogP contribution in [0.1, 0.15) is 21.7 Å². The van der Waals surface area contributed by atoms with Gasteiger partial charge in [-0.05, 0) is 38.5 Å². The van der Waals surface area contributed by atoms with Crippen LogP contribution in [0.3, 0.4) is 0 Å². The molecule has 1 heterocycles. The Kier molecular flexibility index (Phi) is 6.44. The number of nitrogens with one attached hydrogen (secondary N) is 1. The van der Waals surface area contributed by atoms with Gasteiger partial charge in [-0.1, -0.05) is 11.8 Å². The van der Waals surface area contributed by atoms with Gasteiger partial charge in [0.15, 0.2) is 0 Å². The largest absolute Gasteiger partial charge is 0.351 e. The lowest BCUT2D eigenvalue weighted by atomic mass is 10.2. The topological polar surface area (TPSA) is 58.4 Å². The molecule has 3 N–H and O–H groups in total. The van der Waals surface area contributed by atoms with Crippen LogP contribution < -0.4 is 11.1 Å². The highest BCUT2D eigenvalue weighted by Gasteiger charge is 2.10. The fourth-order valence-electron chi connectivity index (χ4n) is 1.41. The summed E-state index contributed by atoms with van der Waals surface area (Å²) in [5, 5.41) is 4.77. The van der Waals surface area contributed by atoms with E-state index in [0.717, 1.165) is 18.5 Å². The molecule has 0 aromatic carbocycles. The molecule has 0 radical (unpaired) electrons. The van der Waals surface area contributed by atoms with Crippen LogP contribution in [-0.4, -0.2) is 44.5 Å². The minimum Gasteiger partial charge on any atom is -0.351 e. The van der Waals surface area contributed by atoms with Crippen LogP contribution in [0.25, 0.3) is 0 Å². The zero-order valence-corrected chi connectivity index (χ0v) is 11.6. The van der Waals surface area contributed by atoms with E-state index in [1.54, 1.807) is 0 Å². The van der Waals surface area contributed by atoms with Crippen LogP contribution in [0.5, 0.6) is 0 Å². The Balaban J connectivity index is 2.49. The van der Waals surface area contributed by atoms with Gasteiger partial charge in [-0.25, -0.2) is 0 Å². The number of nitrogens with zero attached hydrogens (tertiary/aromatic N) is 1. The number of rotatable bonds is 5. The Morgan fingerprint density at radius 1 is 1.56 bits per heavy atom. The number of thiophene rings is 1. The van der Waals surface area contributed by atoms with E-state index >= 15 is 0 Å². The van der Waals surface area contributed by atoms with Crippen molar-refractivity contribution in [1.82, 2.24) is 10.2 Å². The maximum Gasteiger partial charge on any atom is 0.262 e. The summed E-state index contributed by atoms with van der Waals surface area (Å²) in [7, 11) is 4.03. The molecule has 5 heteroatoms. The average Bonchev–Trinajstić information content (AvgIpc) is 2.79. The third kappa shape index (κ3) is 4.88. The molecular weight excluding hydrogens is 246 g/mol. The molecule has 4 nitrogen and oxygen atoms in total. The molecule has 0 spiro atoms. The van der Waals surface area contributed by atoms with Crippen molar-refractivity contribution in [2.24, 2.45) is 5.73 Å². The van der Waals surface area contributed by atoms with E-state index in [0.29, 0.717) is 18.0 Å². The number of nitrogens with two attached hydrogens (primary N) is 1. The van der Waals surface area contributed by atoms with Gasteiger partial charge in [-0.3, -0.25) is 4.79 Å². The van der Waals surface area contributed by atoms with Gasteiger partial charge in [-0.2, -0.15) is 0 Å². The van der Waals surface area contributed by atoms with Gasteiger partial charge in [-0.15, -0.1) is 11.3 Å². The van der Waals surface area contributed by atoms with Gasteiger partial charge >= 0.3 is 0 Å². The molecule has 0 aliphatic rings. The average molecular weight is 265 g/mol. The van der Waals surface area contributed by atoms with Crippen molar-refractivity contribution in [3.63, 3.8) is 0 Å². The zero-order valence-electron chi connectivity index (χ0n) is 10.8. The van der Waals surface area contributed by atoms with Crippen LogP contribution in [0, 0.1) is 11.8 Å². The molecule has 0 fully saturated rings. The molecule has 0 saturated carbocycles. The highest BCUT2D eigenvalue weighted by Crippen LogP contribution is 2.15. The van der Waals surface area contributed by atoms with Crippen molar-refractivity contribution in [2.75, 3.05) is 33.7 Å². The van der Waals surface area contributed by atoms with E-state index in [1.165, 1.54) is 11.3 Å². The Labute approximate surface area is 112 Å². The molecule has 18 heavy (non-hydrogen) atoms. The molecule has 0 aliphatic heterocycles. The SMILES string of the molecule is CN(C)CCCNC(=O)c1sccc1C#CCN. The highest BCUT2D eigenvalue weighted by molar-refractivity contribution is 7.12. The first-order chi connectivity index (χ1) is 8.65. The summed E-state index contributed by atoms with van der Waals surface area (Å²) in [5.41, 5.74) is 6.08. The molecule has 1 aromatic heterocycles. The summed E-state index contributed by atoms with van der Waals surface area (Å²) in [6, 6.07) is 1.85. The number of hydrogen-bond donors (Lipinski definition) is 2. The lowest BCUT2D eigenvalue weighted by Crippen LogP contribution is -2.26. The predicted octanol–water partition coefficient (Wildman–Crippen LogP) is 0.740. The monoisotopic (exact) mass is 265 g/mol. The summed E-state index contributed by atoms with van der Waals surface area (Å²) >= 11 is 1.41. The third-order valence-electron chi connectivity index (χ3n) is 2.26. The lowest BCUT2D eigenvalue weighted by Gasteiger charge is -2.09. The molecular formula is C13H19N3OS. The van der Waals surface area contributed by atoms with E-state index in [-0.39, 0.29) is 5.91 Å². The van der Waals surface area contributed by atoms with Crippen molar-refractivity contribution in [3.8, 4) is 11.8 Å². The fourth-order valence-corrected chi connectivity index (χ4v) is 2.17. The molecule has 98 valence electrons. The number of hydrogen-bond acceptors (Lipinski definition) is 4. The van der Waals surface area contributed by atoms with Crippen molar-refractivity contribution >= 4 is 17.2 Å². The lowest BCUT2D eigenvalue weighted by molar-refractivity contribution is 0.0956. The number of carbonyl (C=O) groups is 1. The second-order valence-electron chi connectivity index (χ2n) is 4.08. The summed E-state index contributed by atoms with van der Waals surface area (Å²) < 4.78 is 0. The van der Waals surface area contributed by atoms with Crippen LogP contribution in [0.2, 0.25) is 0 Å². The van der Waals surface area contributed by atoms with Crippen molar-refractivity contribution < 1.29 is 4.79 Å². The van der Waals surface area contributed by atoms with E-state index in [9.17, 15) is 4.79 Å². The minimum atomic E-state index is -0.0509. The van der Waals surface area contributed by atoms with E-state index in [2.05, 4.69) is 22.1 Å². The van der Waals surface area contributed by atoms with Crippen molar-refractivity contribution in [1.29, 1.82) is 0 Å². The molecule has 0 saturated heterocycles. The van der Waals surface area contributed by atoms with E-state index in [4.69, 9.17) is 5.73 Å². The van der Waals surface area contributed by atoms with Gasteiger partial charge in [0.25, 0.3) is 5.91 Å². The van der Waals surface area contributed by atoms with Crippen molar-refractivity contribution in [3.05, 3.63) is 21.9 Å². The summed E-state index contributed by atoms with van der Waals surface area (Å²) in [4.78, 5) is 14.7. The Hall–Kier alpha value is -1.35. The zero-order chi connectivity index (χ0) is 13.4. The van der Waals surface area contributed by atoms with Crippen LogP contribution in [0.4, 0.5) is 0 Å². The second kappa shape index (κ2) is 7.88. The normalized spacial score (nSPS) is 10.0. The Morgan fingerprint density at radius 3 is 3.00 bits per heavy atom. The first-order valence-electron chi connectivity index (χ1n) is 5.84. The quantitative estimate of drug-likeness (QED) is 0.610. The molecule has 1 rings (SSSR count). The molecule has 0 atom stereocenters. The number of amides is 1. The highest BCUT2D eigenvalue weighted by atomic mass is 32.1. The summed E-state index contributed by atoms with van der Waals surface area (Å²) in [6.45, 7) is 1.95. The number of carbonyl (C=O) groups excluding carboxylic acids is 1. The fraction of sp³-hybridized carbons (Fsp3) is 0.462. The third-order valence-corrected chi connectivity index (χ3v) is 3.18. The summed E-state index contributed by atoms with van der Waals surface area (Å²) in [5.74, 6) is 5.62. The van der Waals surface area contributed by atoms with Crippen LogP contribution >= 0.6 is 11.3 Å². The second-order valence-corrected chi connectivity index (χ2v) is 5.00. The Bertz CT molecular complexity index is 443. The van der Waals surface area contributed by atoms with E-state index in [1.807, 2.05) is 25.5 Å². The summed E-state index contributed by atoms with van der Waals surface area (Å²) in [6.07, 6.45) is 0.938. The van der Waals surface area contributed by atoms with Crippen molar-refractivity contribution in [2.45, 2.75) is 6.42 Å². The molecule has 0 bridgehead atoms. The first kappa shape index (κ1) is 14.7. The molecule has 0 unspecified atom stereocenters. The molecule has 1 aromatic rings. The molecule has 1 amide bonds. The molecule has 0 aliphatic carbocycles. The maximum absolute atomic E-state index is 11.9. The van der Waals surface area contributed by atoms with E-state index < -0.39 is 0 Å². The van der Waals surface area contributed by atoms with Gasteiger partial charge in [0.1, 0.15) is 4.88 Å². The van der Waals surface area contributed by atoms with Crippen LogP contribution in [-0.2, 0) is 0 Å². The standard InChI is InChI=1S/C13H19N3OS/c1-16(2)9-4-8-15-13(17)12-11(5-3-7-14)6-10-18-12/h6,10H,4,7-9,14H2,1-2H3,(H,15,17). The van der Waals surface area contributed by atoms with Gasteiger partial charge < -0.3 is 16.0 Å². The Morgan fingerprint density at radius 2 is 2.33 bits per heavy atom. The maximum atomic E-state index is 11.9. The predicted molar refractivity (Wildman–Crippen MR) is 75.8 cm³/mol. The van der Waals surface area contributed by atoms with Crippen LogP contribution in [0.15, 0.2) is 11.4 Å². The first-order valence-corrected chi connectivity index (χ1v) is 6.72. The minimum absolute atomic E-state index is 0.0509. The smallest absolute Gasteiger partial charge is 0.262 e. The van der Waals surface area contributed by atoms with Gasteiger partial charge in [0.2, 0.25) is 0 Å².